The third kappa shape index (κ3) is 5.66. The minimum Gasteiger partial charge on any atom is -0.383 e. The topological polar surface area (TPSA) is 21.3 Å². The van der Waals surface area contributed by atoms with Crippen molar-refractivity contribution in [2.24, 2.45) is 5.92 Å². The average molecular weight is 292 g/mol. The molecule has 0 amide bonds. The third-order valence-electron chi connectivity index (χ3n) is 2.15. The number of hydrogen-bond donors (Lipinski definition) is 1. The lowest BCUT2D eigenvalue weighted by Crippen LogP contribution is -2.25. The van der Waals surface area contributed by atoms with Crippen molar-refractivity contribution in [3.8, 4) is 0 Å². The summed E-state index contributed by atoms with van der Waals surface area (Å²) in [6, 6.07) is 2.20. The lowest BCUT2D eigenvalue weighted by atomic mass is 10.1. The molecule has 0 aliphatic carbocycles. The zero-order chi connectivity index (χ0) is 11.1. The van der Waals surface area contributed by atoms with Gasteiger partial charge in [-0.1, -0.05) is 6.92 Å². The van der Waals surface area contributed by atoms with Crippen LogP contribution in [0.15, 0.2) is 15.9 Å². The van der Waals surface area contributed by atoms with Gasteiger partial charge in [-0.25, -0.2) is 0 Å². The molecular formula is C11H18BrNOS. The molecule has 0 saturated carbocycles. The van der Waals surface area contributed by atoms with E-state index in [1.165, 1.54) is 9.35 Å². The summed E-state index contributed by atoms with van der Waals surface area (Å²) < 4.78 is 6.17. The standard InChI is InChI=1S/C11H18BrNOS/c1-9(7-13-3-4-14-2)5-11-6-10(12)8-15-11/h6,8-9,13H,3-5,7H2,1-2H3. The summed E-state index contributed by atoms with van der Waals surface area (Å²) in [6.45, 7) is 5.05. The fourth-order valence-electron chi connectivity index (χ4n) is 1.40. The van der Waals surface area contributed by atoms with Gasteiger partial charge in [0.1, 0.15) is 0 Å². The average Bonchev–Trinajstić information content (AvgIpc) is 2.59. The number of hydrogen-bond acceptors (Lipinski definition) is 3. The maximum absolute atomic E-state index is 4.98. The van der Waals surface area contributed by atoms with Crippen LogP contribution in [-0.4, -0.2) is 26.8 Å². The Labute approximate surface area is 104 Å². The first-order valence-electron chi connectivity index (χ1n) is 5.15. The van der Waals surface area contributed by atoms with Crippen LogP contribution in [0.4, 0.5) is 0 Å². The predicted octanol–water partition coefficient (Wildman–Crippen LogP) is 2.93. The van der Waals surface area contributed by atoms with E-state index in [1.54, 1.807) is 7.11 Å². The molecule has 0 spiro atoms. The van der Waals surface area contributed by atoms with E-state index < -0.39 is 0 Å². The molecule has 0 aliphatic heterocycles. The second-order valence-electron chi connectivity index (χ2n) is 3.74. The highest BCUT2D eigenvalue weighted by Crippen LogP contribution is 2.22. The van der Waals surface area contributed by atoms with Crippen LogP contribution in [0.25, 0.3) is 0 Å². The molecule has 1 atom stereocenters. The minimum atomic E-state index is 0.674. The fraction of sp³-hybridized carbons (Fsp3) is 0.636. The van der Waals surface area contributed by atoms with E-state index in [1.807, 2.05) is 11.3 Å². The zero-order valence-electron chi connectivity index (χ0n) is 9.25. The normalized spacial score (nSPS) is 13.0. The predicted molar refractivity (Wildman–Crippen MR) is 69.6 cm³/mol. The number of thiophene rings is 1. The Morgan fingerprint density at radius 3 is 3.00 bits per heavy atom. The molecule has 0 aromatic carbocycles. The molecule has 0 fully saturated rings. The van der Waals surface area contributed by atoms with E-state index in [2.05, 4.69) is 39.6 Å². The van der Waals surface area contributed by atoms with Gasteiger partial charge in [0.25, 0.3) is 0 Å². The van der Waals surface area contributed by atoms with Gasteiger partial charge in [-0.15, -0.1) is 11.3 Å². The van der Waals surface area contributed by atoms with Gasteiger partial charge in [0.15, 0.2) is 0 Å². The molecule has 2 nitrogen and oxygen atoms in total. The fourth-order valence-corrected chi connectivity index (χ4v) is 3.02. The minimum absolute atomic E-state index is 0.674. The van der Waals surface area contributed by atoms with Gasteiger partial charge < -0.3 is 10.1 Å². The number of nitrogens with one attached hydrogen (secondary N) is 1. The summed E-state index contributed by atoms with van der Waals surface area (Å²) in [5.41, 5.74) is 0. The zero-order valence-corrected chi connectivity index (χ0v) is 11.7. The Morgan fingerprint density at radius 1 is 1.60 bits per heavy atom. The summed E-state index contributed by atoms with van der Waals surface area (Å²) in [5.74, 6) is 0.674. The van der Waals surface area contributed by atoms with E-state index in [9.17, 15) is 0 Å². The highest BCUT2D eigenvalue weighted by molar-refractivity contribution is 9.10. The molecule has 1 rings (SSSR count). The molecule has 15 heavy (non-hydrogen) atoms. The van der Waals surface area contributed by atoms with Gasteiger partial charge in [0, 0.05) is 28.4 Å². The maximum atomic E-state index is 4.98. The Kier molecular flexibility index (Phi) is 6.48. The van der Waals surface area contributed by atoms with Crippen molar-refractivity contribution in [3.05, 3.63) is 20.8 Å². The van der Waals surface area contributed by atoms with Crippen LogP contribution >= 0.6 is 27.3 Å². The molecule has 86 valence electrons. The third-order valence-corrected chi connectivity index (χ3v) is 3.87. The first-order chi connectivity index (χ1) is 7.22. The van der Waals surface area contributed by atoms with Crippen LogP contribution in [-0.2, 0) is 11.2 Å². The SMILES string of the molecule is COCCNCC(C)Cc1cc(Br)cs1. The van der Waals surface area contributed by atoms with E-state index in [4.69, 9.17) is 4.74 Å². The van der Waals surface area contributed by atoms with Gasteiger partial charge in [-0.05, 0) is 40.9 Å². The summed E-state index contributed by atoms with van der Waals surface area (Å²) in [7, 11) is 1.73. The van der Waals surface area contributed by atoms with Crippen LogP contribution in [0.2, 0.25) is 0 Å². The molecule has 0 bridgehead atoms. The van der Waals surface area contributed by atoms with E-state index >= 15 is 0 Å². The second kappa shape index (κ2) is 7.39. The summed E-state index contributed by atoms with van der Waals surface area (Å²) in [4.78, 5) is 1.45. The van der Waals surface area contributed by atoms with Crippen molar-refractivity contribution in [1.29, 1.82) is 0 Å². The molecule has 1 N–H and O–H groups in total. The van der Waals surface area contributed by atoms with Gasteiger partial charge in [0.05, 0.1) is 6.61 Å². The number of ether oxygens (including phenoxy) is 1. The monoisotopic (exact) mass is 291 g/mol. The van der Waals surface area contributed by atoms with E-state index in [0.717, 1.165) is 26.1 Å². The molecule has 4 heteroatoms. The quantitative estimate of drug-likeness (QED) is 0.780. The molecule has 1 heterocycles. The smallest absolute Gasteiger partial charge is 0.0587 e. The molecular weight excluding hydrogens is 274 g/mol. The van der Waals surface area contributed by atoms with Crippen molar-refractivity contribution in [2.45, 2.75) is 13.3 Å². The Bertz CT molecular complexity index is 277. The first kappa shape index (κ1) is 13.2. The molecule has 1 unspecified atom stereocenters. The van der Waals surface area contributed by atoms with Crippen molar-refractivity contribution >= 4 is 27.3 Å². The van der Waals surface area contributed by atoms with E-state index in [0.29, 0.717) is 5.92 Å². The highest BCUT2D eigenvalue weighted by Gasteiger charge is 2.05. The van der Waals surface area contributed by atoms with E-state index in [-0.39, 0.29) is 0 Å². The number of halogens is 1. The molecule has 0 saturated heterocycles. The summed E-state index contributed by atoms with van der Waals surface area (Å²) in [6.07, 6.45) is 1.15. The van der Waals surface area contributed by atoms with Gasteiger partial charge in [-0.2, -0.15) is 0 Å². The maximum Gasteiger partial charge on any atom is 0.0587 e. The molecule has 0 aliphatic rings. The lowest BCUT2D eigenvalue weighted by Gasteiger charge is -2.11. The number of methoxy groups -OCH3 is 1. The first-order valence-corrected chi connectivity index (χ1v) is 6.82. The van der Waals surface area contributed by atoms with Crippen molar-refractivity contribution in [2.75, 3.05) is 26.8 Å². The Hall–Kier alpha value is 0.1000. The van der Waals surface area contributed by atoms with Gasteiger partial charge in [0.2, 0.25) is 0 Å². The van der Waals surface area contributed by atoms with Crippen molar-refractivity contribution < 1.29 is 4.74 Å². The van der Waals surface area contributed by atoms with Crippen LogP contribution in [0.5, 0.6) is 0 Å². The Morgan fingerprint density at radius 2 is 2.40 bits per heavy atom. The van der Waals surface area contributed by atoms with Crippen molar-refractivity contribution in [1.82, 2.24) is 5.32 Å². The lowest BCUT2D eigenvalue weighted by molar-refractivity contribution is 0.198. The Balaban J connectivity index is 2.15. The van der Waals surface area contributed by atoms with Crippen LogP contribution in [0.1, 0.15) is 11.8 Å². The molecule has 1 aromatic rings. The highest BCUT2D eigenvalue weighted by atomic mass is 79.9. The molecule has 0 radical (unpaired) electrons. The van der Waals surface area contributed by atoms with Crippen LogP contribution in [0.3, 0.4) is 0 Å². The summed E-state index contributed by atoms with van der Waals surface area (Å²) in [5, 5.41) is 5.52. The van der Waals surface area contributed by atoms with Crippen LogP contribution in [0, 0.1) is 5.92 Å². The second-order valence-corrected chi connectivity index (χ2v) is 5.65. The summed E-state index contributed by atoms with van der Waals surface area (Å²) >= 11 is 5.30. The number of rotatable bonds is 7. The molecule has 1 aromatic heterocycles. The van der Waals surface area contributed by atoms with Crippen molar-refractivity contribution in [3.63, 3.8) is 0 Å². The van der Waals surface area contributed by atoms with Gasteiger partial charge >= 0.3 is 0 Å². The largest absolute Gasteiger partial charge is 0.383 e. The van der Waals surface area contributed by atoms with Gasteiger partial charge in [-0.3, -0.25) is 0 Å². The van der Waals surface area contributed by atoms with Crippen LogP contribution < -0.4 is 5.32 Å².